The Morgan fingerprint density at radius 3 is 2.60 bits per heavy atom. The number of hydrogen-bond donors (Lipinski definition) is 5. The van der Waals surface area contributed by atoms with Gasteiger partial charge in [0.05, 0.1) is 35.9 Å². The fourth-order valence-corrected chi connectivity index (χ4v) is 7.55. The standard InChI is InChI=1S/C46H54FN9O4/c1-29(2)42(55-46(59)60-5)45(58)56-23-11-14-34(56)26-51-39(27-48-3)33-16-19-35(36(47)25-33)38-21-18-31-24-32(17-20-37(31)53-38)40-28-52-41(54-40)15-9-10-22-50-44(57)43(49-4)30-12-7-6-8-13-30/h6-8,12-13,16-21,24-25,27-29,34,42-43,49,51H,3,9-11,14-15,22-23,26H2,1-2,4-5H3,(H,50,57)(H,52,54)(H,55,59)/b39-27-. The van der Waals surface area contributed by atoms with Crippen LogP contribution in [0.25, 0.3) is 39.1 Å². The number of aliphatic imine (C=N–C) groups is 1. The maximum Gasteiger partial charge on any atom is 0.407 e. The summed E-state index contributed by atoms with van der Waals surface area (Å²) in [6.07, 6.45) is 6.75. The zero-order valence-corrected chi connectivity index (χ0v) is 34.6. The number of likely N-dealkylation sites (tertiary alicyclic amines) is 1. The van der Waals surface area contributed by atoms with E-state index in [4.69, 9.17) is 9.72 Å². The number of benzene rings is 3. The lowest BCUT2D eigenvalue weighted by Gasteiger charge is -2.31. The number of carbonyl (C=O) groups is 3. The minimum absolute atomic E-state index is 0.0460. The van der Waals surface area contributed by atoms with E-state index < -0.39 is 18.0 Å². The van der Waals surface area contributed by atoms with Gasteiger partial charge in [-0.25, -0.2) is 19.2 Å². The number of unbranched alkanes of at least 4 members (excludes halogenated alkanes) is 1. The number of methoxy groups -OCH3 is 1. The Balaban J connectivity index is 1.04. The third kappa shape index (κ3) is 10.6. The van der Waals surface area contributed by atoms with Crippen LogP contribution in [0, 0.1) is 11.7 Å². The zero-order valence-electron chi connectivity index (χ0n) is 34.6. The maximum absolute atomic E-state index is 15.8. The van der Waals surface area contributed by atoms with Gasteiger partial charge in [0.15, 0.2) is 0 Å². The van der Waals surface area contributed by atoms with Crippen molar-refractivity contribution >= 4 is 41.2 Å². The molecule has 0 bridgehead atoms. The van der Waals surface area contributed by atoms with Crippen LogP contribution < -0.4 is 21.3 Å². The van der Waals surface area contributed by atoms with Crippen LogP contribution in [-0.4, -0.2) is 90.4 Å². The molecule has 3 atom stereocenters. The van der Waals surface area contributed by atoms with Crippen LogP contribution in [0.2, 0.25) is 0 Å². The SMILES string of the molecule is C=N/C=C(\NCC1CCCN1C(=O)C(NC(=O)OC)C(C)C)c1ccc(-c2ccc3cc(-c4cnc(CCCCNC(=O)C(NC)c5ccccc5)[nH]4)ccc3n2)c(F)c1. The molecule has 314 valence electrons. The van der Waals surface area contributed by atoms with Gasteiger partial charge in [-0.15, -0.1) is 0 Å². The first-order valence-electron chi connectivity index (χ1n) is 20.4. The number of rotatable bonds is 18. The molecule has 5 N–H and O–H groups in total. The van der Waals surface area contributed by atoms with Crippen LogP contribution in [0.5, 0.6) is 0 Å². The molecule has 3 unspecified atom stereocenters. The van der Waals surface area contributed by atoms with E-state index in [1.807, 2.05) is 80.7 Å². The van der Waals surface area contributed by atoms with Crippen molar-refractivity contribution in [3.05, 3.63) is 114 Å². The minimum Gasteiger partial charge on any atom is -0.453 e. The summed E-state index contributed by atoms with van der Waals surface area (Å²) in [5.74, 6) is 0.0869. The number of carbonyl (C=O) groups excluding carboxylic acids is 3. The fourth-order valence-electron chi connectivity index (χ4n) is 7.55. The smallest absolute Gasteiger partial charge is 0.407 e. The van der Waals surface area contributed by atoms with E-state index in [2.05, 4.69) is 42.9 Å². The van der Waals surface area contributed by atoms with Crippen molar-refractivity contribution in [1.82, 2.24) is 41.1 Å². The van der Waals surface area contributed by atoms with E-state index >= 15 is 4.39 Å². The van der Waals surface area contributed by atoms with Crippen LogP contribution in [0.15, 0.2) is 96.3 Å². The van der Waals surface area contributed by atoms with Gasteiger partial charge in [-0.3, -0.25) is 14.6 Å². The number of pyridine rings is 1. The predicted molar refractivity (Wildman–Crippen MR) is 233 cm³/mol. The highest BCUT2D eigenvalue weighted by molar-refractivity contribution is 5.87. The maximum atomic E-state index is 15.8. The average molecular weight is 816 g/mol. The number of aromatic nitrogens is 3. The normalized spacial score (nSPS) is 15.1. The summed E-state index contributed by atoms with van der Waals surface area (Å²) in [6.45, 7) is 8.91. The number of halogens is 1. The van der Waals surface area contributed by atoms with Gasteiger partial charge in [0, 0.05) is 60.4 Å². The Bertz CT molecular complexity index is 2310. The molecule has 3 amide bonds. The second-order valence-corrected chi connectivity index (χ2v) is 15.2. The van der Waals surface area contributed by atoms with Crippen molar-refractivity contribution in [2.45, 2.75) is 64.1 Å². The van der Waals surface area contributed by atoms with Crippen LogP contribution in [-0.2, 0) is 20.7 Å². The number of aromatic amines is 1. The molecular formula is C46H54FN9O4. The van der Waals surface area contributed by atoms with E-state index in [0.717, 1.165) is 65.7 Å². The Kier molecular flexibility index (Phi) is 14.8. The van der Waals surface area contributed by atoms with Crippen LogP contribution >= 0.6 is 0 Å². The molecule has 3 aromatic carbocycles. The van der Waals surface area contributed by atoms with Gasteiger partial charge in [-0.2, -0.15) is 0 Å². The lowest BCUT2D eigenvalue weighted by Crippen LogP contribution is -2.53. The summed E-state index contributed by atoms with van der Waals surface area (Å²) in [6, 6.07) is 23.0. The third-order valence-corrected chi connectivity index (χ3v) is 10.8. The molecule has 1 fully saturated rings. The Morgan fingerprint density at radius 1 is 1.05 bits per heavy atom. The summed E-state index contributed by atoms with van der Waals surface area (Å²) in [7, 11) is 3.05. The number of hydrogen-bond acceptors (Lipinski definition) is 9. The first kappa shape index (κ1) is 43.2. The number of nitrogens with one attached hydrogen (secondary N) is 5. The summed E-state index contributed by atoms with van der Waals surface area (Å²) >= 11 is 0. The predicted octanol–water partition coefficient (Wildman–Crippen LogP) is 6.79. The van der Waals surface area contributed by atoms with Crippen molar-refractivity contribution in [3.63, 3.8) is 0 Å². The highest BCUT2D eigenvalue weighted by Crippen LogP contribution is 2.29. The van der Waals surface area contributed by atoms with Crippen molar-refractivity contribution in [1.29, 1.82) is 0 Å². The molecule has 1 aliphatic rings. The molecule has 0 aliphatic carbocycles. The summed E-state index contributed by atoms with van der Waals surface area (Å²) < 4.78 is 20.6. The van der Waals surface area contributed by atoms with Gasteiger partial charge in [0.25, 0.3) is 0 Å². The van der Waals surface area contributed by atoms with Crippen molar-refractivity contribution < 1.29 is 23.5 Å². The molecule has 5 aromatic rings. The number of amides is 3. The number of imidazole rings is 1. The molecule has 13 nitrogen and oxygen atoms in total. The van der Waals surface area contributed by atoms with Crippen LogP contribution in [0.4, 0.5) is 9.18 Å². The molecule has 1 saturated heterocycles. The molecule has 0 spiro atoms. The number of fused-ring (bicyclic) bond motifs is 1. The molecule has 14 heteroatoms. The highest BCUT2D eigenvalue weighted by atomic mass is 19.1. The molecule has 6 rings (SSSR count). The van der Waals surface area contributed by atoms with E-state index in [1.165, 1.54) is 19.4 Å². The number of ether oxygens (including phenoxy) is 1. The number of nitrogens with zero attached hydrogens (tertiary/aromatic N) is 4. The number of aryl methyl sites for hydroxylation is 1. The first-order valence-corrected chi connectivity index (χ1v) is 20.4. The van der Waals surface area contributed by atoms with Gasteiger partial charge in [-0.1, -0.05) is 62.4 Å². The molecule has 60 heavy (non-hydrogen) atoms. The Hall–Kier alpha value is -6.41. The number of likely N-dealkylation sites (N-methyl/N-ethyl adjacent to an activating group) is 1. The molecule has 2 aromatic heterocycles. The number of alkyl carbamates (subject to hydrolysis) is 1. The Morgan fingerprint density at radius 2 is 1.87 bits per heavy atom. The average Bonchev–Trinajstić information content (AvgIpc) is 3.94. The first-order chi connectivity index (χ1) is 29.1. The summed E-state index contributed by atoms with van der Waals surface area (Å²) in [5, 5.41) is 13.1. The highest BCUT2D eigenvalue weighted by Gasteiger charge is 2.35. The quantitative estimate of drug-likeness (QED) is 0.0477. The minimum atomic E-state index is -0.715. The second kappa shape index (κ2) is 20.5. The monoisotopic (exact) mass is 815 g/mol. The summed E-state index contributed by atoms with van der Waals surface area (Å²) in [5.41, 5.74) is 5.50. The van der Waals surface area contributed by atoms with Crippen LogP contribution in [0.3, 0.4) is 0 Å². The molecule has 0 radical (unpaired) electrons. The van der Waals surface area contributed by atoms with E-state index in [-0.39, 0.29) is 29.8 Å². The van der Waals surface area contributed by atoms with Gasteiger partial charge < -0.3 is 35.9 Å². The molecular weight excluding hydrogens is 762 g/mol. The lowest BCUT2D eigenvalue weighted by molar-refractivity contribution is -0.135. The van der Waals surface area contributed by atoms with E-state index in [9.17, 15) is 14.4 Å². The zero-order chi connectivity index (χ0) is 42.6. The fraction of sp³-hybridized carbons (Fsp3) is 0.348. The topological polar surface area (TPSA) is 166 Å². The van der Waals surface area contributed by atoms with Gasteiger partial charge >= 0.3 is 6.09 Å². The molecule has 1 aliphatic heterocycles. The Labute approximate surface area is 350 Å². The van der Waals surface area contributed by atoms with Gasteiger partial charge in [0.2, 0.25) is 11.8 Å². The third-order valence-electron chi connectivity index (χ3n) is 10.8. The van der Waals surface area contributed by atoms with Gasteiger partial charge in [0.1, 0.15) is 23.7 Å². The van der Waals surface area contributed by atoms with Crippen LogP contribution in [0.1, 0.15) is 62.5 Å². The van der Waals surface area contributed by atoms with E-state index in [1.54, 1.807) is 24.1 Å². The van der Waals surface area contributed by atoms with Crippen molar-refractivity contribution in [2.75, 3.05) is 33.8 Å². The number of H-pyrrole nitrogens is 1. The molecule has 3 heterocycles. The van der Waals surface area contributed by atoms with Crippen molar-refractivity contribution in [3.8, 4) is 22.5 Å². The van der Waals surface area contributed by atoms with Gasteiger partial charge in [-0.05, 0) is 81.3 Å². The second-order valence-electron chi connectivity index (χ2n) is 15.2. The van der Waals surface area contributed by atoms with E-state index in [0.29, 0.717) is 42.2 Å². The molecule has 0 saturated carbocycles. The lowest BCUT2D eigenvalue weighted by atomic mass is 10.0. The van der Waals surface area contributed by atoms with Crippen molar-refractivity contribution in [2.24, 2.45) is 10.9 Å². The summed E-state index contributed by atoms with van der Waals surface area (Å²) in [4.78, 5) is 56.7. The largest absolute Gasteiger partial charge is 0.453 e.